The Morgan fingerprint density at radius 3 is 2.32 bits per heavy atom. The van der Waals surface area contributed by atoms with Crippen molar-refractivity contribution in [3.05, 3.63) is 35.9 Å². The molecule has 3 heterocycles. The van der Waals surface area contributed by atoms with Gasteiger partial charge in [0.05, 0.1) is 25.4 Å². The molecule has 7 heteroatoms. The first-order valence-electron chi connectivity index (χ1n) is 8.34. The van der Waals surface area contributed by atoms with Gasteiger partial charge in [0.25, 0.3) is 0 Å². The van der Waals surface area contributed by atoms with E-state index >= 15 is 0 Å². The molecule has 4 rings (SSSR count). The molecule has 3 fully saturated rings. The molecule has 3 saturated heterocycles. The molecule has 0 unspecified atom stereocenters. The summed E-state index contributed by atoms with van der Waals surface area (Å²) in [5.41, 5.74) is -0.693. The van der Waals surface area contributed by atoms with Crippen molar-refractivity contribution in [2.24, 2.45) is 5.41 Å². The summed E-state index contributed by atoms with van der Waals surface area (Å²) in [5.74, 6) is -1.51. The molecule has 0 aromatic heterocycles. The second-order valence-electron chi connectivity index (χ2n) is 7.57. The average Bonchev–Trinajstić information content (AvgIpc) is 2.59. The van der Waals surface area contributed by atoms with E-state index in [1.54, 1.807) is 13.8 Å². The predicted molar refractivity (Wildman–Crippen MR) is 88.5 cm³/mol. The molecule has 1 atom stereocenters. The Morgan fingerprint density at radius 2 is 1.80 bits per heavy atom. The molecule has 7 nitrogen and oxygen atoms in total. The number of carbonyl (C=O) groups excluding carboxylic acids is 1. The van der Waals surface area contributed by atoms with E-state index in [1.165, 1.54) is 0 Å². The van der Waals surface area contributed by atoms with E-state index in [1.807, 2.05) is 37.3 Å². The lowest BCUT2D eigenvalue weighted by Crippen LogP contribution is -2.72. The highest BCUT2D eigenvalue weighted by Gasteiger charge is 2.59. The van der Waals surface area contributed by atoms with Crippen LogP contribution in [0.2, 0.25) is 0 Å². The second kappa shape index (κ2) is 6.57. The standard InChI is InChI=1S/C18H25NO6/c1-16(2,21)14(18-23-10-17(3,11-24-18)12-25-18)19-15(20)22-9-13-7-5-4-6-8-13/h4-8,14,21H,9-12H2,1-3H3,(H,19,20)/t14-,17?,18?/m0/s1. The smallest absolute Gasteiger partial charge is 0.408 e. The van der Waals surface area contributed by atoms with E-state index in [-0.39, 0.29) is 12.0 Å². The molecule has 138 valence electrons. The maximum Gasteiger partial charge on any atom is 0.408 e. The van der Waals surface area contributed by atoms with Crippen molar-refractivity contribution in [2.45, 2.75) is 45.0 Å². The number of aliphatic hydroxyl groups is 1. The lowest BCUT2D eigenvalue weighted by molar-refractivity contribution is -0.481. The fourth-order valence-electron chi connectivity index (χ4n) is 2.90. The summed E-state index contributed by atoms with van der Waals surface area (Å²) in [6, 6.07) is 8.39. The van der Waals surface area contributed by atoms with Gasteiger partial charge in [-0.3, -0.25) is 0 Å². The molecule has 3 aliphatic rings. The number of hydrogen-bond acceptors (Lipinski definition) is 6. The lowest BCUT2D eigenvalue weighted by atomic mass is 9.88. The Morgan fingerprint density at radius 1 is 1.24 bits per heavy atom. The molecular weight excluding hydrogens is 326 g/mol. The Bertz CT molecular complexity index is 587. The van der Waals surface area contributed by atoms with Gasteiger partial charge < -0.3 is 29.4 Å². The highest BCUT2D eigenvalue weighted by Crippen LogP contribution is 2.42. The first-order chi connectivity index (χ1) is 11.7. The number of nitrogens with one attached hydrogen (secondary N) is 1. The van der Waals surface area contributed by atoms with Crippen molar-refractivity contribution >= 4 is 6.09 Å². The fourth-order valence-corrected chi connectivity index (χ4v) is 2.90. The highest BCUT2D eigenvalue weighted by molar-refractivity contribution is 5.68. The van der Waals surface area contributed by atoms with Crippen LogP contribution in [-0.4, -0.2) is 48.6 Å². The van der Waals surface area contributed by atoms with Crippen LogP contribution in [-0.2, 0) is 25.6 Å². The number of fused-ring (bicyclic) bond motifs is 3. The minimum absolute atomic E-state index is 0.124. The van der Waals surface area contributed by atoms with E-state index in [0.29, 0.717) is 19.8 Å². The van der Waals surface area contributed by atoms with Gasteiger partial charge in [-0.1, -0.05) is 37.3 Å². The maximum absolute atomic E-state index is 12.2. The summed E-state index contributed by atoms with van der Waals surface area (Å²) < 4.78 is 22.5. The summed E-state index contributed by atoms with van der Waals surface area (Å²) in [6.07, 6.45) is -0.680. The SMILES string of the molecule is CC12COC([C@@H](NC(=O)OCc3ccccc3)C(C)(C)O)(OC1)OC2. The van der Waals surface area contributed by atoms with Gasteiger partial charge >= 0.3 is 12.1 Å². The van der Waals surface area contributed by atoms with Crippen molar-refractivity contribution in [3.8, 4) is 0 Å². The van der Waals surface area contributed by atoms with Crippen molar-refractivity contribution in [2.75, 3.05) is 19.8 Å². The third-order valence-electron chi connectivity index (χ3n) is 4.40. The summed E-state index contributed by atoms with van der Waals surface area (Å²) in [6.45, 7) is 6.53. The van der Waals surface area contributed by atoms with Crippen LogP contribution in [0.5, 0.6) is 0 Å². The van der Waals surface area contributed by atoms with Crippen LogP contribution in [0.1, 0.15) is 26.3 Å². The van der Waals surface area contributed by atoms with Crippen molar-refractivity contribution in [1.82, 2.24) is 5.32 Å². The molecule has 3 aliphatic heterocycles. The zero-order chi connectivity index (χ0) is 18.1. The van der Waals surface area contributed by atoms with Crippen LogP contribution in [0, 0.1) is 5.41 Å². The third-order valence-corrected chi connectivity index (χ3v) is 4.40. The number of alkyl carbamates (subject to hydrolysis) is 1. The fraction of sp³-hybridized carbons (Fsp3) is 0.611. The first kappa shape index (κ1) is 18.1. The van der Waals surface area contributed by atoms with E-state index in [2.05, 4.69) is 5.32 Å². The van der Waals surface area contributed by atoms with Gasteiger partial charge in [-0.15, -0.1) is 0 Å². The molecule has 2 N–H and O–H groups in total. The van der Waals surface area contributed by atoms with Gasteiger partial charge in [0.15, 0.2) is 0 Å². The van der Waals surface area contributed by atoms with Crippen molar-refractivity contribution in [3.63, 3.8) is 0 Å². The largest absolute Gasteiger partial charge is 0.445 e. The second-order valence-corrected chi connectivity index (χ2v) is 7.57. The number of ether oxygens (including phenoxy) is 4. The molecule has 1 aromatic carbocycles. The molecule has 0 spiro atoms. The Kier molecular flexibility index (Phi) is 4.76. The van der Waals surface area contributed by atoms with Gasteiger partial charge in [-0.25, -0.2) is 4.79 Å². The molecule has 0 saturated carbocycles. The van der Waals surface area contributed by atoms with Gasteiger partial charge in [-0.2, -0.15) is 0 Å². The van der Waals surface area contributed by atoms with Crippen LogP contribution in [0.3, 0.4) is 0 Å². The predicted octanol–water partition coefficient (Wildman–Crippen LogP) is 1.79. The lowest BCUT2D eigenvalue weighted by Gasteiger charge is -2.54. The number of benzene rings is 1. The van der Waals surface area contributed by atoms with Crippen molar-refractivity contribution in [1.29, 1.82) is 0 Å². The van der Waals surface area contributed by atoms with Gasteiger partial charge in [0.2, 0.25) is 0 Å². The van der Waals surface area contributed by atoms with E-state index in [0.717, 1.165) is 5.56 Å². The summed E-state index contributed by atoms with van der Waals surface area (Å²) >= 11 is 0. The molecule has 0 aliphatic carbocycles. The average molecular weight is 351 g/mol. The first-order valence-corrected chi connectivity index (χ1v) is 8.34. The van der Waals surface area contributed by atoms with E-state index in [9.17, 15) is 9.90 Å². The molecular formula is C18H25NO6. The normalized spacial score (nSPS) is 29.9. The van der Waals surface area contributed by atoms with Gasteiger partial charge in [0.1, 0.15) is 12.6 Å². The number of hydrogen-bond donors (Lipinski definition) is 2. The number of rotatable bonds is 5. The third kappa shape index (κ3) is 3.95. The minimum atomic E-state index is -1.51. The zero-order valence-corrected chi connectivity index (χ0v) is 14.8. The summed E-state index contributed by atoms with van der Waals surface area (Å²) in [7, 11) is 0. The Labute approximate surface area is 147 Å². The Hall–Kier alpha value is -1.67. The molecule has 1 amide bonds. The number of amides is 1. The topological polar surface area (TPSA) is 86.3 Å². The van der Waals surface area contributed by atoms with E-state index in [4.69, 9.17) is 18.9 Å². The summed E-state index contributed by atoms with van der Waals surface area (Å²) in [4.78, 5) is 12.2. The van der Waals surface area contributed by atoms with Gasteiger partial charge in [-0.05, 0) is 19.4 Å². The van der Waals surface area contributed by atoms with Crippen LogP contribution in [0.25, 0.3) is 0 Å². The van der Waals surface area contributed by atoms with Crippen LogP contribution >= 0.6 is 0 Å². The van der Waals surface area contributed by atoms with E-state index < -0.39 is 23.7 Å². The van der Waals surface area contributed by atoms with Crippen LogP contribution < -0.4 is 5.32 Å². The molecule has 2 bridgehead atoms. The molecule has 1 aromatic rings. The maximum atomic E-state index is 12.2. The van der Waals surface area contributed by atoms with Gasteiger partial charge in [0, 0.05) is 5.41 Å². The highest BCUT2D eigenvalue weighted by atomic mass is 16.9. The van der Waals surface area contributed by atoms with Crippen molar-refractivity contribution < 1.29 is 28.8 Å². The molecule has 25 heavy (non-hydrogen) atoms. The van der Waals surface area contributed by atoms with Crippen LogP contribution in [0.15, 0.2) is 30.3 Å². The Balaban J connectivity index is 1.66. The minimum Gasteiger partial charge on any atom is -0.445 e. The number of carbonyl (C=O) groups is 1. The summed E-state index contributed by atoms with van der Waals surface area (Å²) in [5, 5.41) is 13.2. The monoisotopic (exact) mass is 351 g/mol. The zero-order valence-electron chi connectivity index (χ0n) is 14.8. The molecule has 0 radical (unpaired) electrons. The quantitative estimate of drug-likeness (QED) is 0.841. The van der Waals surface area contributed by atoms with Crippen LogP contribution in [0.4, 0.5) is 4.79 Å².